The fourth-order valence-corrected chi connectivity index (χ4v) is 1.62. The molecule has 1 atom stereocenters. The number of carbonyl (C=O) groups is 1. The molecule has 2 heterocycles. The number of rotatable bonds is 4. The van der Waals surface area contributed by atoms with Crippen LogP contribution >= 0.6 is 0 Å². The van der Waals surface area contributed by atoms with Gasteiger partial charge in [-0.15, -0.1) is 0 Å². The summed E-state index contributed by atoms with van der Waals surface area (Å²) in [6.07, 6.45) is 2.40. The van der Waals surface area contributed by atoms with E-state index < -0.39 is 0 Å². The van der Waals surface area contributed by atoms with Crippen molar-refractivity contribution in [3.05, 3.63) is 24.2 Å². The van der Waals surface area contributed by atoms with Gasteiger partial charge < -0.3 is 15.1 Å². The van der Waals surface area contributed by atoms with E-state index in [2.05, 4.69) is 10.6 Å². The van der Waals surface area contributed by atoms with Crippen LogP contribution in [0.1, 0.15) is 12.7 Å². The van der Waals surface area contributed by atoms with Gasteiger partial charge >= 0.3 is 0 Å². The van der Waals surface area contributed by atoms with Gasteiger partial charge in [-0.05, 0) is 19.1 Å². The van der Waals surface area contributed by atoms with E-state index in [1.54, 1.807) is 6.26 Å². The molecule has 1 amide bonds. The molecule has 15 heavy (non-hydrogen) atoms. The molecule has 0 bridgehead atoms. The van der Waals surface area contributed by atoms with Gasteiger partial charge in [-0.2, -0.15) is 0 Å². The average molecular weight is 208 g/mol. The van der Waals surface area contributed by atoms with Crippen LogP contribution in [0.15, 0.2) is 22.8 Å². The van der Waals surface area contributed by atoms with E-state index in [0.717, 1.165) is 25.3 Å². The standard InChI is InChI=1S/C11H16N2O2/c1-8(5-10-3-2-4-15-10)13-11(14)9-6-12-7-9/h2-4,8-9,12H,5-7H2,1H3,(H,13,14). The molecular formula is C11H16N2O2. The van der Waals surface area contributed by atoms with Crippen molar-refractivity contribution in [1.82, 2.24) is 10.6 Å². The Morgan fingerprint density at radius 3 is 3.07 bits per heavy atom. The summed E-state index contributed by atoms with van der Waals surface area (Å²) in [5.41, 5.74) is 0. The Hall–Kier alpha value is -1.29. The van der Waals surface area contributed by atoms with Gasteiger partial charge in [0.15, 0.2) is 0 Å². The Balaban J connectivity index is 1.76. The molecule has 1 fully saturated rings. The second-order valence-electron chi connectivity index (χ2n) is 4.05. The molecule has 0 aliphatic carbocycles. The highest BCUT2D eigenvalue weighted by molar-refractivity contribution is 5.80. The van der Waals surface area contributed by atoms with Crippen LogP contribution in [0.3, 0.4) is 0 Å². The van der Waals surface area contributed by atoms with Crippen LogP contribution in [-0.2, 0) is 11.2 Å². The van der Waals surface area contributed by atoms with Crippen molar-refractivity contribution in [2.24, 2.45) is 5.92 Å². The number of carbonyl (C=O) groups excluding carboxylic acids is 1. The van der Waals surface area contributed by atoms with Crippen molar-refractivity contribution in [2.75, 3.05) is 13.1 Å². The van der Waals surface area contributed by atoms with Crippen molar-refractivity contribution in [2.45, 2.75) is 19.4 Å². The lowest BCUT2D eigenvalue weighted by atomic mass is 10.0. The summed E-state index contributed by atoms with van der Waals surface area (Å²) in [5, 5.41) is 6.06. The van der Waals surface area contributed by atoms with Gasteiger partial charge in [-0.3, -0.25) is 4.79 Å². The molecule has 0 spiro atoms. The Morgan fingerprint density at radius 1 is 1.73 bits per heavy atom. The van der Waals surface area contributed by atoms with Gasteiger partial charge in [0, 0.05) is 25.6 Å². The zero-order valence-electron chi connectivity index (χ0n) is 8.82. The maximum atomic E-state index is 11.6. The molecule has 1 aromatic rings. The molecule has 0 radical (unpaired) electrons. The molecular weight excluding hydrogens is 192 g/mol. The molecule has 82 valence electrons. The largest absolute Gasteiger partial charge is 0.469 e. The van der Waals surface area contributed by atoms with Gasteiger partial charge in [-0.25, -0.2) is 0 Å². The molecule has 1 aromatic heterocycles. The summed E-state index contributed by atoms with van der Waals surface area (Å²) in [4.78, 5) is 11.6. The van der Waals surface area contributed by atoms with Gasteiger partial charge in [0.25, 0.3) is 0 Å². The summed E-state index contributed by atoms with van der Waals surface area (Å²) >= 11 is 0. The van der Waals surface area contributed by atoms with E-state index in [1.807, 2.05) is 19.1 Å². The topological polar surface area (TPSA) is 54.3 Å². The third kappa shape index (κ3) is 2.59. The Morgan fingerprint density at radius 2 is 2.53 bits per heavy atom. The van der Waals surface area contributed by atoms with Crippen LogP contribution in [-0.4, -0.2) is 25.0 Å². The van der Waals surface area contributed by atoms with Gasteiger partial charge in [0.2, 0.25) is 5.91 Å². The Bertz CT molecular complexity index is 317. The predicted octanol–water partition coefficient (Wildman–Crippen LogP) is 0.546. The first-order valence-corrected chi connectivity index (χ1v) is 5.29. The van der Waals surface area contributed by atoms with E-state index in [4.69, 9.17) is 4.42 Å². The van der Waals surface area contributed by atoms with Crippen molar-refractivity contribution in [3.8, 4) is 0 Å². The number of hydrogen-bond acceptors (Lipinski definition) is 3. The highest BCUT2D eigenvalue weighted by atomic mass is 16.3. The van der Waals surface area contributed by atoms with E-state index in [-0.39, 0.29) is 17.9 Å². The number of amides is 1. The van der Waals surface area contributed by atoms with Crippen molar-refractivity contribution < 1.29 is 9.21 Å². The number of furan rings is 1. The maximum Gasteiger partial charge on any atom is 0.225 e. The second kappa shape index (κ2) is 4.49. The smallest absolute Gasteiger partial charge is 0.225 e. The lowest BCUT2D eigenvalue weighted by Crippen LogP contribution is -2.52. The second-order valence-corrected chi connectivity index (χ2v) is 4.05. The molecule has 0 aromatic carbocycles. The Kier molecular flexibility index (Phi) is 3.06. The molecule has 0 saturated carbocycles. The van der Waals surface area contributed by atoms with Crippen molar-refractivity contribution in [1.29, 1.82) is 0 Å². The number of hydrogen-bond donors (Lipinski definition) is 2. The molecule has 1 aliphatic heterocycles. The quantitative estimate of drug-likeness (QED) is 0.759. The third-order valence-electron chi connectivity index (χ3n) is 2.63. The number of nitrogens with one attached hydrogen (secondary N) is 2. The minimum Gasteiger partial charge on any atom is -0.469 e. The maximum absolute atomic E-state index is 11.6. The molecule has 2 N–H and O–H groups in total. The molecule has 4 nitrogen and oxygen atoms in total. The zero-order valence-corrected chi connectivity index (χ0v) is 8.82. The molecule has 1 unspecified atom stereocenters. The van der Waals surface area contributed by atoms with Crippen molar-refractivity contribution in [3.63, 3.8) is 0 Å². The average Bonchev–Trinajstić information content (AvgIpc) is 2.52. The summed E-state index contributed by atoms with van der Waals surface area (Å²) < 4.78 is 5.22. The minimum atomic E-state index is 0.129. The van der Waals surface area contributed by atoms with Gasteiger partial charge in [-0.1, -0.05) is 0 Å². The molecule has 1 saturated heterocycles. The van der Waals surface area contributed by atoms with Crippen LogP contribution in [0.2, 0.25) is 0 Å². The molecule has 2 rings (SSSR count). The summed E-state index contributed by atoms with van der Waals surface area (Å²) in [6.45, 7) is 3.60. The molecule has 1 aliphatic rings. The fourth-order valence-electron chi connectivity index (χ4n) is 1.62. The van der Waals surface area contributed by atoms with Crippen LogP contribution in [0.25, 0.3) is 0 Å². The minimum absolute atomic E-state index is 0.129. The predicted molar refractivity (Wildman–Crippen MR) is 56.4 cm³/mol. The van der Waals surface area contributed by atoms with E-state index in [0.29, 0.717) is 0 Å². The summed E-state index contributed by atoms with van der Waals surface area (Å²) in [5.74, 6) is 1.21. The summed E-state index contributed by atoms with van der Waals surface area (Å²) in [7, 11) is 0. The van der Waals surface area contributed by atoms with Crippen LogP contribution in [0.4, 0.5) is 0 Å². The first-order valence-electron chi connectivity index (χ1n) is 5.29. The summed E-state index contributed by atoms with van der Waals surface area (Å²) in [6, 6.07) is 3.91. The Labute approximate surface area is 89.0 Å². The van der Waals surface area contributed by atoms with Crippen LogP contribution in [0.5, 0.6) is 0 Å². The van der Waals surface area contributed by atoms with E-state index >= 15 is 0 Å². The van der Waals surface area contributed by atoms with Gasteiger partial charge in [0.05, 0.1) is 12.2 Å². The van der Waals surface area contributed by atoms with Gasteiger partial charge in [0.1, 0.15) is 5.76 Å². The fraction of sp³-hybridized carbons (Fsp3) is 0.545. The van der Waals surface area contributed by atoms with E-state index in [1.165, 1.54) is 0 Å². The van der Waals surface area contributed by atoms with Crippen molar-refractivity contribution >= 4 is 5.91 Å². The lowest BCUT2D eigenvalue weighted by Gasteiger charge is -2.27. The first kappa shape index (κ1) is 10.2. The van der Waals surface area contributed by atoms with Crippen LogP contribution in [0, 0.1) is 5.92 Å². The monoisotopic (exact) mass is 208 g/mol. The first-order chi connectivity index (χ1) is 7.25. The highest BCUT2D eigenvalue weighted by Gasteiger charge is 2.25. The zero-order chi connectivity index (χ0) is 10.7. The van der Waals surface area contributed by atoms with E-state index in [9.17, 15) is 4.79 Å². The van der Waals surface area contributed by atoms with Crippen LogP contribution < -0.4 is 10.6 Å². The SMILES string of the molecule is CC(Cc1ccco1)NC(=O)C1CNC1. The lowest BCUT2D eigenvalue weighted by molar-refractivity contribution is -0.127. The normalized spacial score (nSPS) is 18.2. The third-order valence-corrected chi connectivity index (χ3v) is 2.63. The molecule has 4 heteroatoms. The highest BCUT2D eigenvalue weighted by Crippen LogP contribution is 2.06.